The minimum atomic E-state index is -0.294. The zero-order chi connectivity index (χ0) is 19.8. The second kappa shape index (κ2) is 9.41. The van der Waals surface area contributed by atoms with Gasteiger partial charge in [-0.25, -0.2) is 4.39 Å². The molecule has 3 rings (SSSR count). The fourth-order valence-corrected chi connectivity index (χ4v) is 2.67. The van der Waals surface area contributed by atoms with E-state index in [1.807, 2.05) is 12.1 Å². The van der Waals surface area contributed by atoms with E-state index in [1.165, 1.54) is 18.3 Å². The first-order chi connectivity index (χ1) is 13.7. The molecule has 0 saturated heterocycles. The van der Waals surface area contributed by atoms with E-state index in [4.69, 9.17) is 9.94 Å². The highest BCUT2D eigenvalue weighted by Crippen LogP contribution is 2.16. The summed E-state index contributed by atoms with van der Waals surface area (Å²) < 4.78 is 18.8. The highest BCUT2D eigenvalue weighted by atomic mass is 19.1. The summed E-state index contributed by atoms with van der Waals surface area (Å²) in [6.45, 7) is 0.274. The van der Waals surface area contributed by atoms with Gasteiger partial charge >= 0.3 is 0 Å². The Balaban J connectivity index is 1.53. The van der Waals surface area contributed by atoms with Gasteiger partial charge in [0, 0.05) is 12.6 Å². The van der Waals surface area contributed by atoms with Gasteiger partial charge in [0.05, 0.1) is 5.69 Å². The van der Waals surface area contributed by atoms with Crippen LogP contribution in [0.4, 0.5) is 4.39 Å². The van der Waals surface area contributed by atoms with E-state index >= 15 is 0 Å². The van der Waals surface area contributed by atoms with E-state index in [1.54, 1.807) is 42.5 Å². The van der Waals surface area contributed by atoms with Crippen LogP contribution >= 0.6 is 0 Å². The molecule has 3 aromatic rings. The molecule has 1 N–H and O–H groups in total. The number of carbonyl (C=O) groups excluding carboxylic acids is 1. The van der Waals surface area contributed by atoms with Crippen molar-refractivity contribution in [1.82, 2.24) is 4.98 Å². The Bertz CT molecular complexity index is 957. The Morgan fingerprint density at radius 1 is 1.04 bits per heavy atom. The fourth-order valence-electron chi connectivity index (χ4n) is 2.67. The summed E-state index contributed by atoms with van der Waals surface area (Å²) in [5.74, 6) is 0.0793. The maximum absolute atomic E-state index is 13.2. The average molecular weight is 378 g/mol. The second-order valence-electron chi connectivity index (χ2n) is 6.15. The van der Waals surface area contributed by atoms with Crippen molar-refractivity contribution in [3.8, 4) is 5.75 Å². The lowest BCUT2D eigenvalue weighted by atomic mass is 10.0. The normalized spacial score (nSPS) is 11.2. The van der Waals surface area contributed by atoms with Gasteiger partial charge in [-0.2, -0.15) is 0 Å². The topological polar surface area (TPSA) is 71.8 Å². The molecular formula is C22H19FN2O3. The number of aromatic nitrogens is 1. The molecule has 0 radical (unpaired) electrons. The highest BCUT2D eigenvalue weighted by molar-refractivity contribution is 6.45. The molecule has 0 unspecified atom stereocenters. The molecule has 0 aliphatic carbocycles. The van der Waals surface area contributed by atoms with Crippen LogP contribution < -0.4 is 4.74 Å². The van der Waals surface area contributed by atoms with E-state index in [0.717, 1.165) is 11.1 Å². The van der Waals surface area contributed by atoms with E-state index in [9.17, 15) is 9.18 Å². The Hall–Kier alpha value is -3.54. The Morgan fingerprint density at radius 3 is 2.54 bits per heavy atom. The monoisotopic (exact) mass is 378 g/mol. The van der Waals surface area contributed by atoms with Crippen LogP contribution in [0.25, 0.3) is 0 Å². The molecule has 0 fully saturated rings. The number of aryl methyl sites for hydroxylation is 1. The van der Waals surface area contributed by atoms with Gasteiger partial charge in [0.2, 0.25) is 0 Å². The zero-order valence-corrected chi connectivity index (χ0v) is 15.1. The van der Waals surface area contributed by atoms with Gasteiger partial charge in [0.25, 0.3) is 0 Å². The molecule has 2 aromatic carbocycles. The molecule has 142 valence electrons. The van der Waals surface area contributed by atoms with Crippen LogP contribution in [0, 0.1) is 5.82 Å². The summed E-state index contributed by atoms with van der Waals surface area (Å²) in [6.07, 6.45) is 2.23. The van der Waals surface area contributed by atoms with Crippen molar-refractivity contribution in [2.75, 3.05) is 0 Å². The maximum atomic E-state index is 13.2. The van der Waals surface area contributed by atoms with Gasteiger partial charge in [0.15, 0.2) is 11.5 Å². The number of Topliss-reactive ketones (excluding diaryl/α,β-unsaturated/α-hetero) is 1. The molecule has 28 heavy (non-hydrogen) atoms. The predicted molar refractivity (Wildman–Crippen MR) is 103 cm³/mol. The number of ketones is 1. The summed E-state index contributed by atoms with van der Waals surface area (Å²) in [5, 5.41) is 12.2. The lowest BCUT2D eigenvalue weighted by Gasteiger charge is -2.08. The number of oxime groups is 1. The van der Waals surface area contributed by atoms with E-state index in [0.29, 0.717) is 17.9 Å². The molecule has 0 spiro atoms. The van der Waals surface area contributed by atoms with Gasteiger partial charge in [-0.05, 0) is 53.9 Å². The lowest BCUT2D eigenvalue weighted by Crippen LogP contribution is -2.17. The average Bonchev–Trinajstić information content (AvgIpc) is 2.73. The van der Waals surface area contributed by atoms with Crippen LogP contribution in [0.15, 0.2) is 78.1 Å². The number of halogens is 1. The van der Waals surface area contributed by atoms with E-state index in [2.05, 4.69) is 10.1 Å². The zero-order valence-electron chi connectivity index (χ0n) is 15.1. The molecule has 0 aliphatic rings. The van der Waals surface area contributed by atoms with Crippen LogP contribution in [0.2, 0.25) is 0 Å². The van der Waals surface area contributed by atoms with Gasteiger partial charge < -0.3 is 9.94 Å². The van der Waals surface area contributed by atoms with Crippen molar-refractivity contribution in [2.24, 2.45) is 5.16 Å². The Labute approximate surface area is 162 Å². The van der Waals surface area contributed by atoms with E-state index in [-0.39, 0.29) is 30.3 Å². The van der Waals surface area contributed by atoms with Crippen molar-refractivity contribution < 1.29 is 19.1 Å². The molecule has 0 saturated carbocycles. The summed E-state index contributed by atoms with van der Waals surface area (Å²) in [7, 11) is 0. The van der Waals surface area contributed by atoms with Crippen molar-refractivity contribution >= 4 is 11.5 Å². The number of hydrogen-bond donors (Lipinski definition) is 1. The largest absolute Gasteiger partial charge is 0.489 e. The number of pyridine rings is 1. The number of rotatable bonds is 8. The maximum Gasteiger partial charge on any atom is 0.187 e. The number of nitrogens with zero attached hydrogens (tertiary/aromatic N) is 2. The smallest absolute Gasteiger partial charge is 0.187 e. The molecule has 5 nitrogen and oxygen atoms in total. The second-order valence-corrected chi connectivity index (χ2v) is 6.15. The van der Waals surface area contributed by atoms with Crippen molar-refractivity contribution in [2.45, 2.75) is 19.4 Å². The summed E-state index contributed by atoms with van der Waals surface area (Å²) in [5.41, 5.74) is 2.00. The number of carbonyl (C=O) groups is 1. The van der Waals surface area contributed by atoms with Gasteiger partial charge in [-0.3, -0.25) is 9.78 Å². The molecule has 0 aliphatic heterocycles. The van der Waals surface area contributed by atoms with Crippen LogP contribution in [-0.2, 0) is 17.8 Å². The minimum Gasteiger partial charge on any atom is -0.489 e. The summed E-state index contributed by atoms with van der Waals surface area (Å²) in [4.78, 5) is 16.4. The van der Waals surface area contributed by atoms with Gasteiger partial charge in [0.1, 0.15) is 18.2 Å². The van der Waals surface area contributed by atoms with Crippen LogP contribution in [0.1, 0.15) is 23.2 Å². The highest BCUT2D eigenvalue weighted by Gasteiger charge is 2.15. The fraction of sp³-hybridized carbons (Fsp3) is 0.136. The molecular weight excluding hydrogens is 359 g/mol. The molecule has 0 amide bonds. The first kappa shape index (κ1) is 19.2. The third-order valence-corrected chi connectivity index (χ3v) is 4.13. The van der Waals surface area contributed by atoms with Gasteiger partial charge in [-0.1, -0.05) is 35.5 Å². The Kier molecular flexibility index (Phi) is 6.46. The summed E-state index contributed by atoms with van der Waals surface area (Å²) >= 11 is 0. The van der Waals surface area contributed by atoms with Crippen molar-refractivity contribution in [3.63, 3.8) is 0 Å². The van der Waals surface area contributed by atoms with Crippen LogP contribution in [0.3, 0.4) is 0 Å². The third-order valence-electron chi connectivity index (χ3n) is 4.13. The van der Waals surface area contributed by atoms with Crippen LogP contribution in [0.5, 0.6) is 5.75 Å². The predicted octanol–water partition coefficient (Wildman–Crippen LogP) is 4.18. The first-order valence-corrected chi connectivity index (χ1v) is 8.78. The van der Waals surface area contributed by atoms with E-state index < -0.39 is 0 Å². The standard InChI is InChI=1S/C22H19FN2O3/c23-18-5-3-4-17(14-18)15-28-19-10-7-16(8-11-19)9-12-21(26)22(25-27)20-6-1-2-13-24-20/h1-8,10-11,13-14,27H,9,12,15H2/b25-22+. The first-order valence-electron chi connectivity index (χ1n) is 8.78. The minimum absolute atomic E-state index is 0.0457. The van der Waals surface area contributed by atoms with Crippen molar-refractivity contribution in [1.29, 1.82) is 0 Å². The van der Waals surface area contributed by atoms with Crippen molar-refractivity contribution in [3.05, 3.63) is 95.6 Å². The molecule has 0 bridgehead atoms. The quantitative estimate of drug-likeness (QED) is 0.363. The van der Waals surface area contributed by atoms with Crippen LogP contribution in [-0.4, -0.2) is 21.7 Å². The molecule has 1 heterocycles. The Morgan fingerprint density at radius 2 is 1.86 bits per heavy atom. The third kappa shape index (κ3) is 5.23. The lowest BCUT2D eigenvalue weighted by molar-refractivity contribution is -0.113. The number of ether oxygens (including phenoxy) is 1. The number of hydrogen-bond acceptors (Lipinski definition) is 5. The molecule has 6 heteroatoms. The SMILES string of the molecule is O=C(CCc1ccc(OCc2cccc(F)c2)cc1)/C(=N/O)c1ccccn1. The molecule has 0 atom stereocenters. The molecule has 1 aromatic heterocycles. The number of benzene rings is 2. The summed E-state index contributed by atoms with van der Waals surface area (Å²) in [6, 6.07) is 18.7. The van der Waals surface area contributed by atoms with Gasteiger partial charge in [-0.15, -0.1) is 0 Å².